The van der Waals surface area contributed by atoms with Gasteiger partial charge in [0.25, 0.3) is 0 Å². The Labute approximate surface area is 195 Å². The molecule has 0 bridgehead atoms. The van der Waals surface area contributed by atoms with Crippen LogP contribution in [0.15, 0.2) is 29.3 Å². The van der Waals surface area contributed by atoms with Gasteiger partial charge in [-0.05, 0) is 56.9 Å². The number of hydrogen-bond acceptors (Lipinski definition) is 6. The quantitative estimate of drug-likeness (QED) is 0.722. The summed E-state index contributed by atoms with van der Waals surface area (Å²) in [7, 11) is 0. The molecule has 178 valence electrons. The summed E-state index contributed by atoms with van der Waals surface area (Å²) in [5.41, 5.74) is 2.25. The Morgan fingerprint density at radius 1 is 1.24 bits per heavy atom. The molecule has 3 aliphatic carbocycles. The number of nitrogens with zero attached hydrogens (tertiary/aromatic N) is 3. The largest absolute Gasteiger partial charge is 0.396 e. The summed E-state index contributed by atoms with van der Waals surface area (Å²) in [4.78, 5) is 5.14. The minimum absolute atomic E-state index is 0.0249. The molecule has 3 fully saturated rings. The van der Waals surface area contributed by atoms with E-state index in [1.165, 1.54) is 31.3 Å². The highest BCUT2D eigenvalue weighted by molar-refractivity contribution is 5.90. The van der Waals surface area contributed by atoms with Crippen LogP contribution in [-0.4, -0.2) is 57.9 Å². The molecule has 6 rings (SSSR count). The summed E-state index contributed by atoms with van der Waals surface area (Å²) in [6.07, 6.45) is 15.0. The van der Waals surface area contributed by atoms with Crippen molar-refractivity contribution in [2.45, 2.75) is 82.8 Å². The van der Waals surface area contributed by atoms with E-state index < -0.39 is 5.79 Å². The van der Waals surface area contributed by atoms with Gasteiger partial charge in [-0.15, -0.1) is 0 Å². The average Bonchev–Trinajstić information content (AvgIpc) is 3.58. The van der Waals surface area contributed by atoms with Gasteiger partial charge in [0.05, 0.1) is 17.8 Å². The molecule has 7 heteroatoms. The molecule has 2 N–H and O–H groups in total. The van der Waals surface area contributed by atoms with Crippen molar-refractivity contribution in [1.29, 1.82) is 0 Å². The van der Waals surface area contributed by atoms with Crippen LogP contribution in [-0.2, 0) is 9.47 Å². The number of aliphatic hydroxyl groups excluding tert-OH is 1. The van der Waals surface area contributed by atoms with Crippen LogP contribution in [0.25, 0.3) is 5.57 Å². The smallest absolute Gasteiger partial charge is 0.163 e. The first-order valence-electron chi connectivity index (χ1n) is 12.8. The van der Waals surface area contributed by atoms with Crippen LogP contribution in [0.5, 0.6) is 0 Å². The topological polar surface area (TPSA) is 80.9 Å². The summed E-state index contributed by atoms with van der Waals surface area (Å²) in [5.74, 6) is 2.87. The molecular formula is C26H36N4O3. The summed E-state index contributed by atoms with van der Waals surface area (Å²) in [6, 6.07) is 2.14. The molecule has 7 nitrogen and oxygen atoms in total. The molecule has 1 aromatic rings. The zero-order valence-electron chi connectivity index (χ0n) is 19.7. The standard InChI is InChI=1S/C26H36N4O3/c1-26(2)32-24-19(15-31)13-21(25(24)33-26)28-22-10-11-27-23-14-20(29-30(22)23)18-9-5-8-17(12-18)16-6-3-4-7-16/h5,9,12,14,16-17,19,21,24-25,27,31H,3-4,6-8,10-11,13,15H2,1-2H3. The Morgan fingerprint density at radius 2 is 2.06 bits per heavy atom. The number of nitrogens with one attached hydrogen (secondary N) is 1. The van der Waals surface area contributed by atoms with Crippen molar-refractivity contribution in [2.24, 2.45) is 22.7 Å². The molecule has 1 aromatic heterocycles. The fraction of sp³-hybridized carbons (Fsp3) is 0.692. The minimum atomic E-state index is -0.630. The van der Waals surface area contributed by atoms with Gasteiger partial charge < -0.3 is 19.9 Å². The van der Waals surface area contributed by atoms with E-state index in [1.807, 2.05) is 18.5 Å². The summed E-state index contributed by atoms with van der Waals surface area (Å²) in [5, 5.41) is 18.4. The molecule has 5 unspecified atom stereocenters. The lowest BCUT2D eigenvalue weighted by Gasteiger charge is -2.23. The second-order valence-corrected chi connectivity index (χ2v) is 10.8. The molecule has 1 saturated heterocycles. The van der Waals surface area contributed by atoms with Crippen LogP contribution >= 0.6 is 0 Å². The number of aliphatic hydroxyl groups is 1. The van der Waals surface area contributed by atoms with Gasteiger partial charge in [0, 0.05) is 31.6 Å². The molecule has 0 aromatic carbocycles. The van der Waals surface area contributed by atoms with E-state index in [0.717, 1.165) is 49.1 Å². The van der Waals surface area contributed by atoms with Gasteiger partial charge in [0.15, 0.2) is 5.79 Å². The maximum Gasteiger partial charge on any atom is 0.163 e. The van der Waals surface area contributed by atoms with E-state index in [4.69, 9.17) is 19.6 Å². The molecule has 2 aliphatic heterocycles. The molecular weight excluding hydrogens is 416 g/mol. The third-order valence-electron chi connectivity index (χ3n) is 8.11. The Balaban J connectivity index is 1.27. The fourth-order valence-electron chi connectivity index (χ4n) is 6.52. The average molecular weight is 453 g/mol. The summed E-state index contributed by atoms with van der Waals surface area (Å²) in [6.45, 7) is 4.83. The number of ether oxygens (including phenoxy) is 2. The van der Waals surface area contributed by atoms with E-state index in [9.17, 15) is 5.11 Å². The fourth-order valence-corrected chi connectivity index (χ4v) is 6.52. The van der Waals surface area contributed by atoms with Crippen LogP contribution in [0.1, 0.15) is 64.5 Å². The van der Waals surface area contributed by atoms with Crippen molar-refractivity contribution in [3.8, 4) is 0 Å². The van der Waals surface area contributed by atoms with Gasteiger partial charge in [0.1, 0.15) is 17.8 Å². The minimum Gasteiger partial charge on any atom is -0.396 e. The van der Waals surface area contributed by atoms with Crippen LogP contribution in [0.4, 0.5) is 5.82 Å². The highest BCUT2D eigenvalue weighted by Crippen LogP contribution is 2.43. The number of hydrogen-bond donors (Lipinski definition) is 2. The van der Waals surface area contributed by atoms with Crippen LogP contribution in [0.2, 0.25) is 0 Å². The number of allylic oxidation sites excluding steroid dienone is 4. The third-order valence-corrected chi connectivity index (χ3v) is 8.11. The number of anilines is 1. The van der Waals surface area contributed by atoms with Crippen LogP contribution < -0.4 is 5.32 Å². The molecule has 0 spiro atoms. The van der Waals surface area contributed by atoms with Crippen molar-refractivity contribution in [2.75, 3.05) is 18.5 Å². The number of aliphatic imine (C=N–C) groups is 1. The first-order valence-corrected chi connectivity index (χ1v) is 12.8. The lowest BCUT2D eigenvalue weighted by Crippen LogP contribution is -2.32. The lowest BCUT2D eigenvalue weighted by molar-refractivity contribution is -0.159. The molecule has 5 aliphatic rings. The summed E-state index contributed by atoms with van der Waals surface area (Å²) < 4.78 is 14.3. The molecule has 5 atom stereocenters. The second kappa shape index (κ2) is 8.36. The van der Waals surface area contributed by atoms with Gasteiger partial charge in [-0.3, -0.25) is 4.99 Å². The Morgan fingerprint density at radius 3 is 2.88 bits per heavy atom. The van der Waals surface area contributed by atoms with Gasteiger partial charge in [-0.25, -0.2) is 4.68 Å². The molecule has 2 saturated carbocycles. The highest BCUT2D eigenvalue weighted by Gasteiger charge is 2.54. The highest BCUT2D eigenvalue weighted by atomic mass is 16.8. The lowest BCUT2D eigenvalue weighted by atomic mass is 9.83. The number of aromatic nitrogens is 2. The third kappa shape index (κ3) is 3.98. The first kappa shape index (κ1) is 21.6. The van der Waals surface area contributed by atoms with E-state index in [2.05, 4.69) is 29.6 Å². The van der Waals surface area contributed by atoms with Crippen molar-refractivity contribution >= 4 is 17.2 Å². The zero-order chi connectivity index (χ0) is 22.6. The number of rotatable bonds is 4. The van der Waals surface area contributed by atoms with E-state index >= 15 is 0 Å². The molecule has 3 heterocycles. The van der Waals surface area contributed by atoms with Crippen molar-refractivity contribution in [3.63, 3.8) is 0 Å². The van der Waals surface area contributed by atoms with Gasteiger partial charge >= 0.3 is 0 Å². The molecule has 0 amide bonds. The Kier molecular flexibility index (Phi) is 5.46. The Hall–Kier alpha value is -1.96. The van der Waals surface area contributed by atoms with Gasteiger partial charge in [0.2, 0.25) is 0 Å². The summed E-state index contributed by atoms with van der Waals surface area (Å²) >= 11 is 0. The predicted molar refractivity (Wildman–Crippen MR) is 128 cm³/mol. The monoisotopic (exact) mass is 452 g/mol. The van der Waals surface area contributed by atoms with Gasteiger partial charge in [-0.2, -0.15) is 5.10 Å². The molecule has 0 radical (unpaired) electrons. The zero-order valence-corrected chi connectivity index (χ0v) is 19.7. The van der Waals surface area contributed by atoms with Crippen molar-refractivity contribution in [3.05, 3.63) is 30.0 Å². The SMILES string of the molecule is CC1(C)OC2C(CO)CC(N=C3CCNc4cc(C5=CC(C6CCCC6)CC=C5)nn43)C2O1. The van der Waals surface area contributed by atoms with Crippen LogP contribution in [0.3, 0.4) is 0 Å². The predicted octanol–water partition coefficient (Wildman–Crippen LogP) is 4.00. The maximum absolute atomic E-state index is 9.89. The van der Waals surface area contributed by atoms with Crippen molar-refractivity contribution < 1.29 is 14.6 Å². The molecule has 33 heavy (non-hydrogen) atoms. The second-order valence-electron chi connectivity index (χ2n) is 10.8. The van der Waals surface area contributed by atoms with E-state index in [1.54, 1.807) is 0 Å². The van der Waals surface area contributed by atoms with Gasteiger partial charge in [-0.1, -0.05) is 31.1 Å². The normalized spacial score (nSPS) is 36.6. The van der Waals surface area contributed by atoms with E-state index in [0.29, 0.717) is 5.92 Å². The maximum atomic E-state index is 9.89. The first-order chi connectivity index (χ1) is 16.0. The van der Waals surface area contributed by atoms with Crippen LogP contribution in [0, 0.1) is 17.8 Å². The van der Waals surface area contributed by atoms with Crippen molar-refractivity contribution in [1.82, 2.24) is 9.78 Å². The number of fused-ring (bicyclic) bond motifs is 2. The Bertz CT molecular complexity index is 988. The van der Waals surface area contributed by atoms with E-state index in [-0.39, 0.29) is 30.8 Å².